The number of unbranched alkanes of at least 4 members (excludes halogenated alkanes) is 1. The Hall–Kier alpha value is -2.62. The summed E-state index contributed by atoms with van der Waals surface area (Å²) in [5.74, 6) is 0.503. The fourth-order valence-electron chi connectivity index (χ4n) is 2.57. The molecule has 0 bridgehead atoms. The van der Waals surface area contributed by atoms with Crippen LogP contribution in [0.25, 0.3) is 0 Å². The number of carbonyl (C=O) groups is 1. The summed E-state index contributed by atoms with van der Waals surface area (Å²) in [4.78, 5) is 12.1. The number of rotatable bonds is 8. The van der Waals surface area contributed by atoms with E-state index in [9.17, 15) is 4.79 Å². The summed E-state index contributed by atoms with van der Waals surface area (Å²) in [5, 5.41) is 4.33. The van der Waals surface area contributed by atoms with E-state index in [-0.39, 0.29) is 12.5 Å². The van der Waals surface area contributed by atoms with Crippen molar-refractivity contribution in [2.24, 2.45) is 5.10 Å². The van der Waals surface area contributed by atoms with Crippen LogP contribution in [0.2, 0.25) is 0 Å². The van der Waals surface area contributed by atoms with Gasteiger partial charge in [0.25, 0.3) is 5.91 Å². The number of hydrogen-bond donors (Lipinski definition) is 1. The highest BCUT2D eigenvalue weighted by atomic mass is 16.5. The summed E-state index contributed by atoms with van der Waals surface area (Å²) in [7, 11) is 0. The number of amides is 1. The molecule has 0 heterocycles. The van der Waals surface area contributed by atoms with Crippen LogP contribution < -0.4 is 10.2 Å². The smallest absolute Gasteiger partial charge is 0.277 e. The maximum Gasteiger partial charge on any atom is 0.277 e. The first-order chi connectivity index (χ1) is 12.1. The van der Waals surface area contributed by atoms with Crippen molar-refractivity contribution in [1.82, 2.24) is 5.43 Å². The van der Waals surface area contributed by atoms with Gasteiger partial charge in [-0.15, -0.1) is 0 Å². The van der Waals surface area contributed by atoms with Gasteiger partial charge in [0, 0.05) is 0 Å². The molecule has 0 aliphatic rings. The first kappa shape index (κ1) is 18.7. The maximum atomic E-state index is 12.1. The van der Waals surface area contributed by atoms with Crippen LogP contribution in [0.15, 0.2) is 53.6 Å². The molecule has 0 aliphatic heterocycles. The van der Waals surface area contributed by atoms with Gasteiger partial charge in [0.15, 0.2) is 6.61 Å². The minimum Gasteiger partial charge on any atom is -0.483 e. The molecule has 132 valence electrons. The zero-order chi connectivity index (χ0) is 18.1. The fraction of sp³-hybridized carbons (Fsp3) is 0.333. The Balaban J connectivity index is 1.98. The normalized spacial score (nSPS) is 11.2. The molecule has 25 heavy (non-hydrogen) atoms. The van der Waals surface area contributed by atoms with Gasteiger partial charge in [-0.2, -0.15) is 5.10 Å². The number of benzene rings is 2. The lowest BCUT2D eigenvalue weighted by molar-refractivity contribution is -0.123. The molecule has 2 aromatic rings. The third-order valence-electron chi connectivity index (χ3n) is 3.95. The second-order valence-corrected chi connectivity index (χ2v) is 6.07. The minimum atomic E-state index is -0.257. The number of nitrogens with zero attached hydrogens (tertiary/aromatic N) is 1. The molecule has 4 nitrogen and oxygen atoms in total. The number of hydrazone groups is 1. The topological polar surface area (TPSA) is 50.7 Å². The fourth-order valence-corrected chi connectivity index (χ4v) is 2.57. The van der Waals surface area contributed by atoms with Crippen LogP contribution in [-0.4, -0.2) is 18.2 Å². The molecule has 1 amide bonds. The van der Waals surface area contributed by atoms with Gasteiger partial charge in [0.05, 0.1) is 5.71 Å². The Morgan fingerprint density at radius 3 is 2.36 bits per heavy atom. The highest BCUT2D eigenvalue weighted by Crippen LogP contribution is 2.22. The van der Waals surface area contributed by atoms with Crippen LogP contribution in [0, 0.1) is 13.8 Å². The second kappa shape index (κ2) is 9.62. The molecule has 2 aromatic carbocycles. The summed E-state index contributed by atoms with van der Waals surface area (Å²) < 4.78 is 5.67. The summed E-state index contributed by atoms with van der Waals surface area (Å²) in [6.07, 6.45) is 2.94. The van der Waals surface area contributed by atoms with E-state index in [4.69, 9.17) is 4.74 Å². The average Bonchev–Trinajstić information content (AvgIpc) is 2.62. The minimum absolute atomic E-state index is 0.0506. The monoisotopic (exact) mass is 338 g/mol. The molecule has 1 N–H and O–H groups in total. The number of aryl methyl sites for hydroxylation is 2. The van der Waals surface area contributed by atoms with Crippen LogP contribution in [0.4, 0.5) is 0 Å². The van der Waals surface area contributed by atoms with Crippen molar-refractivity contribution < 1.29 is 9.53 Å². The number of para-hydroxylation sites is 1. The highest BCUT2D eigenvalue weighted by Gasteiger charge is 2.08. The van der Waals surface area contributed by atoms with Gasteiger partial charge in [-0.25, -0.2) is 5.43 Å². The first-order valence-corrected chi connectivity index (χ1v) is 8.71. The van der Waals surface area contributed by atoms with E-state index in [2.05, 4.69) is 17.5 Å². The Bertz CT molecular complexity index is 704. The molecule has 0 atom stereocenters. The molecule has 0 saturated heterocycles. The molecule has 0 aromatic heterocycles. The van der Waals surface area contributed by atoms with Crippen molar-refractivity contribution in [1.29, 1.82) is 0 Å². The Morgan fingerprint density at radius 2 is 1.72 bits per heavy atom. The zero-order valence-electron chi connectivity index (χ0n) is 15.2. The van der Waals surface area contributed by atoms with E-state index in [0.717, 1.165) is 47.4 Å². The average molecular weight is 338 g/mol. The Labute approximate surface area is 149 Å². The third kappa shape index (κ3) is 5.75. The van der Waals surface area contributed by atoms with Gasteiger partial charge < -0.3 is 4.74 Å². The van der Waals surface area contributed by atoms with Crippen LogP contribution in [0.5, 0.6) is 5.75 Å². The molecule has 4 heteroatoms. The zero-order valence-corrected chi connectivity index (χ0v) is 15.2. The number of hydrogen-bond acceptors (Lipinski definition) is 3. The van der Waals surface area contributed by atoms with Crippen LogP contribution in [0.3, 0.4) is 0 Å². The van der Waals surface area contributed by atoms with Gasteiger partial charge in [0.1, 0.15) is 5.75 Å². The quantitative estimate of drug-likeness (QED) is 0.573. The van der Waals surface area contributed by atoms with Gasteiger partial charge in [-0.1, -0.05) is 61.9 Å². The molecule has 2 rings (SSSR count). The SMILES string of the molecule is CCCC/C(=N\NC(=O)COc1c(C)cccc1C)c1ccccc1. The van der Waals surface area contributed by atoms with Gasteiger partial charge >= 0.3 is 0 Å². The number of ether oxygens (including phenoxy) is 1. The number of nitrogens with one attached hydrogen (secondary N) is 1. The summed E-state index contributed by atoms with van der Waals surface area (Å²) in [6, 6.07) is 15.8. The standard InChI is InChI=1S/C21H26N2O2/c1-4-5-14-19(18-12-7-6-8-13-18)22-23-20(24)15-25-21-16(2)10-9-11-17(21)3/h6-13H,4-5,14-15H2,1-3H3,(H,23,24)/b22-19+. The van der Waals surface area contributed by atoms with E-state index < -0.39 is 0 Å². The van der Waals surface area contributed by atoms with E-state index in [1.807, 2.05) is 62.4 Å². The van der Waals surface area contributed by atoms with Crippen LogP contribution in [0.1, 0.15) is 42.9 Å². The largest absolute Gasteiger partial charge is 0.483 e. The lowest BCUT2D eigenvalue weighted by Crippen LogP contribution is -2.26. The van der Waals surface area contributed by atoms with Crippen molar-refractivity contribution in [3.05, 3.63) is 65.2 Å². The second-order valence-electron chi connectivity index (χ2n) is 6.07. The Morgan fingerprint density at radius 1 is 1.04 bits per heavy atom. The molecular weight excluding hydrogens is 312 g/mol. The van der Waals surface area contributed by atoms with E-state index in [1.165, 1.54) is 0 Å². The van der Waals surface area contributed by atoms with Gasteiger partial charge in [-0.05, 0) is 43.4 Å². The summed E-state index contributed by atoms with van der Waals surface area (Å²) in [5.41, 5.74) is 6.58. The van der Waals surface area contributed by atoms with E-state index in [0.29, 0.717) is 0 Å². The van der Waals surface area contributed by atoms with Crippen molar-refractivity contribution >= 4 is 11.6 Å². The predicted molar refractivity (Wildman–Crippen MR) is 102 cm³/mol. The first-order valence-electron chi connectivity index (χ1n) is 8.71. The molecule has 0 aliphatic carbocycles. The van der Waals surface area contributed by atoms with E-state index in [1.54, 1.807) is 0 Å². The Kier molecular flexibility index (Phi) is 7.20. The van der Waals surface area contributed by atoms with Gasteiger partial charge in [-0.3, -0.25) is 4.79 Å². The van der Waals surface area contributed by atoms with Crippen molar-refractivity contribution in [2.75, 3.05) is 6.61 Å². The lowest BCUT2D eigenvalue weighted by Gasteiger charge is -2.11. The lowest BCUT2D eigenvalue weighted by atomic mass is 10.1. The van der Waals surface area contributed by atoms with Crippen LogP contribution >= 0.6 is 0 Å². The predicted octanol–water partition coefficient (Wildman–Crippen LogP) is 4.39. The molecule has 0 unspecified atom stereocenters. The summed E-state index contributed by atoms with van der Waals surface area (Å²) in [6.45, 7) is 6.03. The molecule has 0 fully saturated rings. The highest BCUT2D eigenvalue weighted by molar-refractivity contribution is 6.01. The molecule has 0 saturated carbocycles. The van der Waals surface area contributed by atoms with Crippen LogP contribution in [-0.2, 0) is 4.79 Å². The third-order valence-corrected chi connectivity index (χ3v) is 3.95. The summed E-state index contributed by atoms with van der Waals surface area (Å²) >= 11 is 0. The molecule has 0 radical (unpaired) electrons. The number of carbonyl (C=O) groups excluding carboxylic acids is 1. The van der Waals surface area contributed by atoms with Crippen molar-refractivity contribution in [2.45, 2.75) is 40.0 Å². The van der Waals surface area contributed by atoms with E-state index >= 15 is 0 Å². The molecular formula is C21H26N2O2. The van der Waals surface area contributed by atoms with Gasteiger partial charge in [0.2, 0.25) is 0 Å². The molecule has 0 spiro atoms. The van der Waals surface area contributed by atoms with Crippen molar-refractivity contribution in [3.8, 4) is 5.75 Å². The van der Waals surface area contributed by atoms with Crippen molar-refractivity contribution in [3.63, 3.8) is 0 Å². The maximum absolute atomic E-state index is 12.1.